The first-order chi connectivity index (χ1) is 13.9. The number of hydrogen-bond acceptors (Lipinski definition) is 6. The van der Waals surface area contributed by atoms with Crippen LogP contribution in [0.25, 0.3) is 0 Å². The molecule has 0 bridgehead atoms. The number of rotatable bonds is 5. The molecule has 2 aromatic carbocycles. The zero-order valence-electron chi connectivity index (χ0n) is 15.5. The monoisotopic (exact) mass is 397 g/mol. The van der Waals surface area contributed by atoms with E-state index in [2.05, 4.69) is 16.2 Å². The molecule has 1 aliphatic heterocycles. The topological polar surface area (TPSA) is 123 Å². The Hall–Kier alpha value is -3.88. The van der Waals surface area contributed by atoms with Crippen LogP contribution in [0, 0.1) is 0 Å². The summed E-state index contributed by atoms with van der Waals surface area (Å²) in [7, 11) is 0. The molecule has 1 heterocycles. The van der Waals surface area contributed by atoms with E-state index in [0.29, 0.717) is 17.0 Å². The van der Waals surface area contributed by atoms with Gasteiger partial charge in [-0.25, -0.2) is 0 Å². The summed E-state index contributed by atoms with van der Waals surface area (Å²) in [6.07, 6.45) is -2.61. The van der Waals surface area contributed by atoms with E-state index in [9.17, 15) is 19.2 Å². The molecule has 3 rings (SSSR count). The van der Waals surface area contributed by atoms with Crippen LogP contribution >= 0.6 is 0 Å². The van der Waals surface area contributed by atoms with Crippen LogP contribution in [0.4, 0.5) is 5.69 Å². The zero-order chi connectivity index (χ0) is 20.8. The smallest absolute Gasteiger partial charge is 0.310 e. The highest BCUT2D eigenvalue weighted by Crippen LogP contribution is 2.29. The van der Waals surface area contributed by atoms with Crippen molar-refractivity contribution in [2.45, 2.75) is 25.6 Å². The Morgan fingerprint density at radius 3 is 2.52 bits per heavy atom. The van der Waals surface area contributed by atoms with Gasteiger partial charge in [0.25, 0.3) is 17.7 Å². The number of amides is 3. The van der Waals surface area contributed by atoms with E-state index in [-0.39, 0.29) is 6.42 Å². The van der Waals surface area contributed by atoms with Crippen LogP contribution in [-0.4, -0.2) is 35.9 Å². The lowest BCUT2D eigenvalue weighted by atomic mass is 10.1. The van der Waals surface area contributed by atoms with Gasteiger partial charge in [-0.2, -0.15) is 0 Å². The number of anilines is 1. The van der Waals surface area contributed by atoms with Gasteiger partial charge in [0, 0.05) is 5.56 Å². The van der Waals surface area contributed by atoms with E-state index < -0.39 is 35.9 Å². The van der Waals surface area contributed by atoms with Crippen LogP contribution < -0.4 is 20.9 Å². The summed E-state index contributed by atoms with van der Waals surface area (Å²) < 4.78 is 10.5. The molecule has 0 aromatic heterocycles. The number of para-hydroxylation sites is 2. The molecular formula is C20H19N3O6. The molecule has 3 N–H and O–H groups in total. The molecule has 9 nitrogen and oxygen atoms in total. The molecule has 1 aliphatic rings. The quantitative estimate of drug-likeness (QED) is 0.514. The second kappa shape index (κ2) is 8.87. The van der Waals surface area contributed by atoms with Crippen LogP contribution in [0.15, 0.2) is 54.6 Å². The van der Waals surface area contributed by atoms with Gasteiger partial charge in [-0.3, -0.25) is 30.0 Å². The first-order valence-corrected chi connectivity index (χ1v) is 8.85. The normalized spacial score (nSPS) is 15.8. The average Bonchev–Trinajstić information content (AvgIpc) is 2.72. The van der Waals surface area contributed by atoms with Crippen LogP contribution in [0.2, 0.25) is 0 Å². The minimum Gasteiger partial charge on any atom is -0.478 e. The van der Waals surface area contributed by atoms with Crippen LogP contribution in [0.1, 0.15) is 23.7 Å². The summed E-state index contributed by atoms with van der Waals surface area (Å²) in [5.41, 5.74) is 5.30. The number of nitrogens with one attached hydrogen (secondary N) is 3. The second-order valence-corrected chi connectivity index (χ2v) is 6.24. The van der Waals surface area contributed by atoms with Gasteiger partial charge in [0.05, 0.1) is 12.1 Å². The Bertz CT molecular complexity index is 931. The molecule has 29 heavy (non-hydrogen) atoms. The maximum atomic E-state index is 12.1. The van der Waals surface area contributed by atoms with Gasteiger partial charge < -0.3 is 14.8 Å². The maximum absolute atomic E-state index is 12.1. The number of hydrazine groups is 1. The van der Waals surface area contributed by atoms with Crippen LogP contribution in [0.5, 0.6) is 5.75 Å². The lowest BCUT2D eigenvalue weighted by Crippen LogP contribution is -2.47. The Balaban J connectivity index is 1.47. The first kappa shape index (κ1) is 19.9. The summed E-state index contributed by atoms with van der Waals surface area (Å²) in [5, 5.41) is 2.64. The van der Waals surface area contributed by atoms with E-state index in [0.717, 1.165) is 0 Å². The number of benzene rings is 2. The average molecular weight is 397 g/mol. The molecule has 0 spiro atoms. The number of fused-ring (bicyclic) bond motifs is 1. The lowest BCUT2D eigenvalue weighted by molar-refractivity contribution is -0.157. The molecule has 0 saturated heterocycles. The fourth-order valence-corrected chi connectivity index (χ4v) is 2.56. The summed E-state index contributed by atoms with van der Waals surface area (Å²) in [6.45, 7) is 1.35. The number of carbonyl (C=O) groups is 4. The summed E-state index contributed by atoms with van der Waals surface area (Å²) in [4.78, 5) is 48.1. The number of hydrogen-bond donors (Lipinski definition) is 3. The molecule has 2 atom stereocenters. The third-order valence-electron chi connectivity index (χ3n) is 4.07. The predicted molar refractivity (Wildman–Crippen MR) is 102 cm³/mol. The van der Waals surface area contributed by atoms with Crippen molar-refractivity contribution >= 4 is 29.4 Å². The Labute approximate surface area is 166 Å². The van der Waals surface area contributed by atoms with E-state index in [1.807, 2.05) is 0 Å². The summed E-state index contributed by atoms with van der Waals surface area (Å²) in [6, 6.07) is 15.1. The number of esters is 1. The molecule has 0 unspecified atom stereocenters. The fraction of sp³-hybridized carbons (Fsp3) is 0.200. The van der Waals surface area contributed by atoms with Crippen molar-refractivity contribution in [3.8, 4) is 5.75 Å². The van der Waals surface area contributed by atoms with E-state index in [1.165, 1.54) is 6.92 Å². The SMILES string of the molecule is C[C@@H](OC(=O)C[C@@H]1Oc2ccccc2NC1=O)C(=O)NNC(=O)c1ccccc1. The zero-order valence-corrected chi connectivity index (χ0v) is 15.5. The fourth-order valence-electron chi connectivity index (χ4n) is 2.56. The number of carbonyl (C=O) groups excluding carboxylic acids is 4. The highest BCUT2D eigenvalue weighted by atomic mass is 16.6. The third kappa shape index (κ3) is 5.10. The van der Waals surface area contributed by atoms with Crippen LogP contribution in [0.3, 0.4) is 0 Å². The van der Waals surface area contributed by atoms with Gasteiger partial charge >= 0.3 is 5.97 Å². The molecule has 150 valence electrons. The van der Waals surface area contributed by atoms with Crippen molar-refractivity contribution in [2.24, 2.45) is 0 Å². The van der Waals surface area contributed by atoms with Gasteiger partial charge in [-0.1, -0.05) is 30.3 Å². The Kier molecular flexibility index (Phi) is 6.08. The Morgan fingerprint density at radius 1 is 1.07 bits per heavy atom. The van der Waals surface area contributed by atoms with Crippen LogP contribution in [-0.2, 0) is 19.1 Å². The predicted octanol–water partition coefficient (Wildman–Crippen LogP) is 1.17. The summed E-state index contributed by atoms with van der Waals surface area (Å²) >= 11 is 0. The minimum absolute atomic E-state index is 0.359. The molecule has 3 amide bonds. The molecule has 2 aromatic rings. The first-order valence-electron chi connectivity index (χ1n) is 8.85. The standard InChI is InChI=1S/C20H19N3O6/c1-12(18(25)22-23-19(26)13-7-3-2-4-8-13)28-17(24)11-16-20(27)21-14-9-5-6-10-15(14)29-16/h2-10,12,16H,11H2,1H3,(H,21,27)(H,22,25)(H,23,26)/t12-,16+/m1/s1. The van der Waals surface area contributed by atoms with Gasteiger partial charge in [-0.05, 0) is 31.2 Å². The van der Waals surface area contributed by atoms with E-state index in [1.54, 1.807) is 54.6 Å². The van der Waals surface area contributed by atoms with Gasteiger partial charge in [-0.15, -0.1) is 0 Å². The molecule has 0 radical (unpaired) electrons. The van der Waals surface area contributed by atoms with Gasteiger partial charge in [0.2, 0.25) is 0 Å². The van der Waals surface area contributed by atoms with E-state index in [4.69, 9.17) is 9.47 Å². The van der Waals surface area contributed by atoms with Crippen molar-refractivity contribution in [1.82, 2.24) is 10.9 Å². The van der Waals surface area contributed by atoms with E-state index >= 15 is 0 Å². The Morgan fingerprint density at radius 2 is 1.76 bits per heavy atom. The second-order valence-electron chi connectivity index (χ2n) is 6.24. The third-order valence-corrected chi connectivity index (χ3v) is 4.07. The van der Waals surface area contributed by atoms with Crippen molar-refractivity contribution < 1.29 is 28.7 Å². The van der Waals surface area contributed by atoms with Gasteiger partial charge in [0.15, 0.2) is 12.2 Å². The molecular weight excluding hydrogens is 378 g/mol. The lowest BCUT2D eigenvalue weighted by Gasteiger charge is -2.25. The maximum Gasteiger partial charge on any atom is 0.310 e. The summed E-state index contributed by atoms with van der Waals surface area (Å²) in [5.74, 6) is -2.06. The minimum atomic E-state index is -1.18. The molecule has 0 saturated carbocycles. The van der Waals surface area contributed by atoms with Crippen molar-refractivity contribution in [2.75, 3.05) is 5.32 Å². The highest BCUT2D eigenvalue weighted by molar-refractivity contribution is 5.99. The van der Waals surface area contributed by atoms with Crippen molar-refractivity contribution in [1.29, 1.82) is 0 Å². The highest BCUT2D eigenvalue weighted by Gasteiger charge is 2.31. The molecule has 0 aliphatic carbocycles. The largest absolute Gasteiger partial charge is 0.478 e. The molecule has 9 heteroatoms. The number of ether oxygens (including phenoxy) is 2. The molecule has 0 fully saturated rings. The van der Waals surface area contributed by atoms with Crippen molar-refractivity contribution in [3.05, 3.63) is 60.2 Å². The van der Waals surface area contributed by atoms with Crippen molar-refractivity contribution in [3.63, 3.8) is 0 Å². The van der Waals surface area contributed by atoms with Gasteiger partial charge in [0.1, 0.15) is 5.75 Å².